The summed E-state index contributed by atoms with van der Waals surface area (Å²) >= 11 is 20.3. The maximum absolute atomic E-state index is 12.7. The van der Waals surface area contributed by atoms with Gasteiger partial charge in [0, 0.05) is 26.6 Å². The van der Waals surface area contributed by atoms with E-state index in [4.69, 9.17) is 39.8 Å². The number of aliphatic imine (C=N–C) groups is 1. The summed E-state index contributed by atoms with van der Waals surface area (Å²) in [6.45, 7) is 2.69. The molecule has 3 heterocycles. The SMILES string of the molecule is CCCc1cc2c(s1)-n1c(nnc1CNC(=O)c1ccc(Cl)c(Cl)c1)CN=C2c1ccccc1Cl. The Morgan fingerprint density at radius 1 is 1.03 bits per heavy atom. The van der Waals surface area contributed by atoms with E-state index in [9.17, 15) is 4.79 Å². The molecule has 35 heavy (non-hydrogen) atoms. The first kappa shape index (κ1) is 24.0. The van der Waals surface area contributed by atoms with Crippen LogP contribution in [0, 0.1) is 0 Å². The average molecular weight is 545 g/mol. The van der Waals surface area contributed by atoms with Gasteiger partial charge in [0.25, 0.3) is 5.91 Å². The number of nitrogens with one attached hydrogen (secondary N) is 1. The Kier molecular flexibility index (Phi) is 6.93. The largest absolute Gasteiger partial charge is 0.345 e. The molecule has 1 aliphatic heterocycles. The van der Waals surface area contributed by atoms with Crippen LogP contribution in [0.4, 0.5) is 0 Å². The molecule has 0 atom stereocenters. The molecule has 0 saturated heterocycles. The first-order valence-corrected chi connectivity index (χ1v) is 13.0. The van der Waals surface area contributed by atoms with E-state index >= 15 is 0 Å². The van der Waals surface area contributed by atoms with E-state index < -0.39 is 0 Å². The highest BCUT2D eigenvalue weighted by Crippen LogP contribution is 2.35. The summed E-state index contributed by atoms with van der Waals surface area (Å²) < 4.78 is 2.00. The van der Waals surface area contributed by atoms with Gasteiger partial charge >= 0.3 is 0 Å². The highest BCUT2D eigenvalue weighted by Gasteiger charge is 2.26. The maximum atomic E-state index is 12.7. The molecule has 2 aromatic heterocycles. The van der Waals surface area contributed by atoms with E-state index in [2.05, 4.69) is 28.5 Å². The van der Waals surface area contributed by atoms with E-state index in [0.717, 1.165) is 34.7 Å². The zero-order valence-corrected chi connectivity index (χ0v) is 21.8. The molecule has 1 amide bonds. The van der Waals surface area contributed by atoms with Crippen molar-refractivity contribution >= 4 is 57.8 Å². The van der Waals surface area contributed by atoms with Gasteiger partial charge in [-0.1, -0.05) is 66.3 Å². The number of rotatable bonds is 6. The van der Waals surface area contributed by atoms with Gasteiger partial charge in [-0.3, -0.25) is 14.4 Å². The number of benzene rings is 2. The van der Waals surface area contributed by atoms with Gasteiger partial charge in [-0.2, -0.15) is 0 Å². The van der Waals surface area contributed by atoms with Crippen molar-refractivity contribution in [3.8, 4) is 5.00 Å². The Morgan fingerprint density at radius 3 is 2.63 bits per heavy atom. The second-order valence-electron chi connectivity index (χ2n) is 8.01. The minimum atomic E-state index is -0.277. The first-order chi connectivity index (χ1) is 17.0. The number of aromatic nitrogens is 3. The summed E-state index contributed by atoms with van der Waals surface area (Å²) in [5.41, 5.74) is 3.12. The molecular formula is C25H20Cl3N5OS. The summed E-state index contributed by atoms with van der Waals surface area (Å²) in [6.07, 6.45) is 1.98. The minimum absolute atomic E-state index is 0.188. The highest BCUT2D eigenvalue weighted by atomic mass is 35.5. The number of fused-ring (bicyclic) bond motifs is 3. The van der Waals surface area contributed by atoms with Gasteiger partial charge in [-0.25, -0.2) is 0 Å². The molecule has 6 nitrogen and oxygen atoms in total. The van der Waals surface area contributed by atoms with Crippen molar-refractivity contribution in [2.45, 2.75) is 32.9 Å². The van der Waals surface area contributed by atoms with E-state index in [0.29, 0.717) is 38.8 Å². The monoisotopic (exact) mass is 543 g/mol. The van der Waals surface area contributed by atoms with Crippen molar-refractivity contribution in [1.82, 2.24) is 20.1 Å². The van der Waals surface area contributed by atoms with E-state index in [1.807, 2.05) is 28.8 Å². The van der Waals surface area contributed by atoms with Gasteiger partial charge in [0.2, 0.25) is 0 Å². The van der Waals surface area contributed by atoms with Crippen molar-refractivity contribution in [1.29, 1.82) is 0 Å². The van der Waals surface area contributed by atoms with Crippen LogP contribution in [-0.2, 0) is 19.5 Å². The fraction of sp³-hybridized carbons (Fsp3) is 0.200. The van der Waals surface area contributed by atoms with Crippen LogP contribution >= 0.6 is 46.1 Å². The van der Waals surface area contributed by atoms with Gasteiger partial charge in [-0.05, 0) is 36.8 Å². The third-order valence-corrected chi connectivity index (χ3v) is 7.86. The number of aryl methyl sites for hydroxylation is 1. The molecule has 4 aromatic rings. The topological polar surface area (TPSA) is 72.2 Å². The lowest BCUT2D eigenvalue weighted by Crippen LogP contribution is -2.24. The van der Waals surface area contributed by atoms with Crippen LogP contribution < -0.4 is 5.32 Å². The number of halogens is 3. The van der Waals surface area contributed by atoms with E-state index in [1.165, 1.54) is 4.88 Å². The van der Waals surface area contributed by atoms with Crippen LogP contribution in [0.25, 0.3) is 5.00 Å². The lowest BCUT2D eigenvalue weighted by Gasteiger charge is -2.11. The smallest absolute Gasteiger partial charge is 0.251 e. The first-order valence-electron chi connectivity index (χ1n) is 11.1. The zero-order chi connectivity index (χ0) is 24.5. The molecule has 5 rings (SSSR count). The summed E-state index contributed by atoms with van der Waals surface area (Å²) in [7, 11) is 0. The Bertz CT molecular complexity index is 1460. The molecule has 0 fully saturated rings. The van der Waals surface area contributed by atoms with Crippen LogP contribution in [0.2, 0.25) is 15.1 Å². The lowest BCUT2D eigenvalue weighted by atomic mass is 10.0. The third kappa shape index (κ3) is 4.74. The quantitative estimate of drug-likeness (QED) is 0.300. The number of nitrogens with zero attached hydrogens (tertiary/aromatic N) is 4. The normalized spacial score (nSPS) is 12.5. The summed E-state index contributed by atoms with van der Waals surface area (Å²) in [4.78, 5) is 18.9. The van der Waals surface area contributed by atoms with Crippen molar-refractivity contribution in [3.05, 3.63) is 96.8 Å². The average Bonchev–Trinajstić information content (AvgIpc) is 3.41. The lowest BCUT2D eigenvalue weighted by molar-refractivity contribution is 0.0949. The number of amides is 1. The van der Waals surface area contributed by atoms with Crippen molar-refractivity contribution in [2.75, 3.05) is 0 Å². The van der Waals surface area contributed by atoms with Crippen LogP contribution in [-0.4, -0.2) is 26.4 Å². The van der Waals surface area contributed by atoms with Crippen LogP contribution in [0.3, 0.4) is 0 Å². The Hall–Kier alpha value is -2.71. The molecule has 1 aliphatic rings. The van der Waals surface area contributed by atoms with Crippen LogP contribution in [0.1, 0.15) is 51.4 Å². The number of carbonyl (C=O) groups excluding carboxylic acids is 1. The van der Waals surface area contributed by atoms with Gasteiger partial charge in [0.15, 0.2) is 11.6 Å². The summed E-state index contributed by atoms with van der Waals surface area (Å²) in [5.74, 6) is 1.05. The van der Waals surface area contributed by atoms with Crippen molar-refractivity contribution in [2.24, 2.45) is 4.99 Å². The minimum Gasteiger partial charge on any atom is -0.345 e. The van der Waals surface area contributed by atoms with Gasteiger partial charge in [0.05, 0.1) is 22.3 Å². The van der Waals surface area contributed by atoms with Gasteiger partial charge in [-0.15, -0.1) is 21.5 Å². The standard InChI is InChI=1S/C25H20Cl3N5OS/c1-2-5-15-11-17-23(16-6-3-4-7-18(16)26)29-12-21-31-32-22(33(21)25(17)35-15)13-30-24(34)14-8-9-19(27)20(28)10-14/h3-4,6-11H,2,5,12-13H2,1H3,(H,30,34). The molecule has 178 valence electrons. The number of thiophene rings is 1. The highest BCUT2D eigenvalue weighted by molar-refractivity contribution is 7.15. The number of hydrogen-bond acceptors (Lipinski definition) is 5. The van der Waals surface area contributed by atoms with Crippen molar-refractivity contribution in [3.63, 3.8) is 0 Å². The molecule has 0 bridgehead atoms. The van der Waals surface area contributed by atoms with Gasteiger partial charge in [0.1, 0.15) is 11.5 Å². The molecule has 0 aliphatic carbocycles. The zero-order valence-electron chi connectivity index (χ0n) is 18.7. The Balaban J connectivity index is 1.51. The van der Waals surface area contributed by atoms with E-state index in [1.54, 1.807) is 29.5 Å². The molecule has 0 spiro atoms. The molecular weight excluding hydrogens is 525 g/mol. The fourth-order valence-corrected chi connectivity index (χ4v) is 5.78. The molecule has 2 aromatic carbocycles. The van der Waals surface area contributed by atoms with Crippen LogP contribution in [0.15, 0.2) is 53.5 Å². The Labute approximate surface area is 221 Å². The maximum Gasteiger partial charge on any atom is 0.251 e. The fourth-order valence-electron chi connectivity index (χ4n) is 3.96. The number of hydrogen-bond donors (Lipinski definition) is 1. The molecule has 0 saturated carbocycles. The predicted octanol–water partition coefficient (Wildman–Crippen LogP) is 6.52. The molecule has 0 radical (unpaired) electrons. The summed E-state index contributed by atoms with van der Waals surface area (Å²) in [5, 5.41) is 14.0. The number of carbonyl (C=O) groups is 1. The predicted molar refractivity (Wildman–Crippen MR) is 142 cm³/mol. The second-order valence-corrected chi connectivity index (χ2v) is 10.3. The second kappa shape index (κ2) is 10.1. The Morgan fingerprint density at radius 2 is 1.86 bits per heavy atom. The van der Waals surface area contributed by atoms with E-state index in [-0.39, 0.29) is 12.5 Å². The van der Waals surface area contributed by atoms with Crippen LogP contribution in [0.5, 0.6) is 0 Å². The van der Waals surface area contributed by atoms with Crippen molar-refractivity contribution < 1.29 is 4.79 Å². The third-order valence-electron chi connectivity index (χ3n) is 5.61. The molecule has 0 unspecified atom stereocenters. The molecule has 10 heteroatoms. The summed E-state index contributed by atoms with van der Waals surface area (Å²) in [6, 6.07) is 14.7. The van der Waals surface area contributed by atoms with Gasteiger partial charge < -0.3 is 5.32 Å². The molecule has 1 N–H and O–H groups in total.